The van der Waals surface area contributed by atoms with Crippen LogP contribution in [0.2, 0.25) is 0 Å². The lowest BCUT2D eigenvalue weighted by molar-refractivity contribution is -0.143. The summed E-state index contributed by atoms with van der Waals surface area (Å²) in [5.74, 6) is -1.80. The monoisotopic (exact) mass is 330 g/mol. The van der Waals surface area contributed by atoms with Crippen molar-refractivity contribution in [3.63, 3.8) is 0 Å². The lowest BCUT2D eigenvalue weighted by Crippen LogP contribution is -2.39. The minimum atomic E-state index is -0.946. The Morgan fingerprint density at radius 3 is 2.04 bits per heavy atom. The number of nitrogens with zero attached hydrogens (tertiary/aromatic N) is 2. The summed E-state index contributed by atoms with van der Waals surface area (Å²) in [4.78, 5) is 49.9. The van der Waals surface area contributed by atoms with Crippen molar-refractivity contribution in [2.45, 2.75) is 46.1 Å². The lowest BCUT2D eigenvalue weighted by Gasteiger charge is -2.18. The first-order chi connectivity index (χ1) is 11.3. The fraction of sp³-hybridized carbons (Fsp3) is 0.444. The van der Waals surface area contributed by atoms with E-state index in [0.29, 0.717) is 16.4 Å². The van der Waals surface area contributed by atoms with Gasteiger partial charge >= 0.3 is 17.8 Å². The van der Waals surface area contributed by atoms with Gasteiger partial charge in [0.2, 0.25) is 0 Å². The summed E-state index contributed by atoms with van der Waals surface area (Å²) in [6.07, 6.45) is 0.997. The van der Waals surface area contributed by atoms with E-state index in [1.54, 1.807) is 26.0 Å². The van der Waals surface area contributed by atoms with Gasteiger partial charge in [-0.25, -0.2) is 9.69 Å². The van der Waals surface area contributed by atoms with E-state index in [9.17, 15) is 19.2 Å². The number of ketones is 1. The van der Waals surface area contributed by atoms with E-state index in [1.807, 2.05) is 12.1 Å². The van der Waals surface area contributed by atoms with Gasteiger partial charge in [-0.1, -0.05) is 38.1 Å². The van der Waals surface area contributed by atoms with E-state index in [-0.39, 0.29) is 5.78 Å². The summed E-state index contributed by atoms with van der Waals surface area (Å²) >= 11 is 0. The molecule has 24 heavy (non-hydrogen) atoms. The standard InChI is InChI=1S/C18H22N2O4/c1-5-12(4)13-6-8-14(9-7-13)15(21)10-19-16(22)17(23)20(11(2)3)18(19)24/h6-9,11-12H,5,10H2,1-4H3/t12-/m0/s1. The van der Waals surface area contributed by atoms with E-state index in [0.717, 1.165) is 16.9 Å². The largest absolute Gasteiger partial charge is 0.334 e. The Balaban J connectivity index is 2.13. The number of amides is 4. The maximum absolute atomic E-state index is 12.3. The van der Waals surface area contributed by atoms with Gasteiger partial charge in [0.15, 0.2) is 5.78 Å². The number of benzene rings is 1. The van der Waals surface area contributed by atoms with Crippen LogP contribution in [0, 0.1) is 0 Å². The fourth-order valence-electron chi connectivity index (χ4n) is 2.59. The van der Waals surface area contributed by atoms with Gasteiger partial charge in [-0.05, 0) is 31.7 Å². The van der Waals surface area contributed by atoms with Crippen molar-refractivity contribution in [1.82, 2.24) is 9.80 Å². The maximum atomic E-state index is 12.3. The van der Waals surface area contributed by atoms with Crippen molar-refractivity contribution in [2.75, 3.05) is 6.54 Å². The second-order valence-electron chi connectivity index (χ2n) is 6.30. The van der Waals surface area contributed by atoms with Crippen LogP contribution in [0.15, 0.2) is 24.3 Å². The van der Waals surface area contributed by atoms with Gasteiger partial charge in [0.1, 0.15) is 0 Å². The third-order valence-electron chi connectivity index (χ3n) is 4.32. The zero-order valence-electron chi connectivity index (χ0n) is 14.4. The van der Waals surface area contributed by atoms with E-state index in [4.69, 9.17) is 0 Å². The highest BCUT2D eigenvalue weighted by Crippen LogP contribution is 2.20. The lowest BCUT2D eigenvalue weighted by atomic mass is 9.97. The Hall–Kier alpha value is -2.50. The van der Waals surface area contributed by atoms with Gasteiger partial charge in [-0.2, -0.15) is 0 Å². The van der Waals surface area contributed by atoms with Crippen molar-refractivity contribution in [1.29, 1.82) is 0 Å². The molecule has 2 rings (SSSR count). The molecule has 0 saturated carbocycles. The molecule has 0 spiro atoms. The third-order valence-corrected chi connectivity index (χ3v) is 4.32. The fourth-order valence-corrected chi connectivity index (χ4v) is 2.59. The summed E-state index contributed by atoms with van der Waals surface area (Å²) in [6, 6.07) is 5.98. The van der Waals surface area contributed by atoms with Crippen LogP contribution in [0.3, 0.4) is 0 Å². The van der Waals surface area contributed by atoms with Gasteiger partial charge in [0, 0.05) is 11.6 Å². The number of hydrogen-bond acceptors (Lipinski definition) is 4. The highest BCUT2D eigenvalue weighted by Gasteiger charge is 2.46. The summed E-state index contributed by atoms with van der Waals surface area (Å²) in [7, 11) is 0. The number of carbonyl (C=O) groups excluding carboxylic acids is 4. The van der Waals surface area contributed by atoms with Gasteiger partial charge in [0.05, 0.1) is 6.54 Å². The number of urea groups is 1. The Kier molecular flexibility index (Phi) is 5.17. The molecule has 1 aliphatic heterocycles. The molecule has 6 nitrogen and oxygen atoms in total. The topological polar surface area (TPSA) is 74.8 Å². The highest BCUT2D eigenvalue weighted by atomic mass is 16.2. The number of hydrogen-bond donors (Lipinski definition) is 0. The number of rotatable bonds is 6. The van der Waals surface area contributed by atoms with Crippen LogP contribution in [-0.4, -0.2) is 46.0 Å². The molecule has 1 atom stereocenters. The predicted molar refractivity (Wildman–Crippen MR) is 88.6 cm³/mol. The summed E-state index contributed by atoms with van der Waals surface area (Å²) < 4.78 is 0. The Morgan fingerprint density at radius 2 is 1.58 bits per heavy atom. The average Bonchev–Trinajstić information content (AvgIpc) is 2.77. The molecule has 0 radical (unpaired) electrons. The first-order valence-electron chi connectivity index (χ1n) is 8.10. The van der Waals surface area contributed by atoms with Gasteiger partial charge in [0.25, 0.3) is 0 Å². The first-order valence-corrected chi connectivity index (χ1v) is 8.10. The zero-order chi connectivity index (χ0) is 18.0. The number of carbonyl (C=O) groups is 4. The number of imide groups is 2. The predicted octanol–water partition coefficient (Wildman–Crippen LogP) is 2.58. The smallest absolute Gasteiger partial charge is 0.292 e. The molecule has 6 heteroatoms. The molecule has 1 heterocycles. The summed E-state index contributed by atoms with van der Waals surface area (Å²) in [5, 5.41) is 0. The Bertz CT molecular complexity index is 679. The van der Waals surface area contributed by atoms with Crippen LogP contribution < -0.4 is 0 Å². The molecule has 1 aromatic rings. The number of Topliss-reactive ketones (excluding diaryl/α,β-unsaturated/α-hetero) is 1. The molecule has 1 aliphatic rings. The van der Waals surface area contributed by atoms with E-state index >= 15 is 0 Å². The van der Waals surface area contributed by atoms with E-state index in [2.05, 4.69) is 13.8 Å². The molecule has 0 bridgehead atoms. The first kappa shape index (κ1) is 17.8. The van der Waals surface area contributed by atoms with Gasteiger partial charge in [-0.3, -0.25) is 19.3 Å². The van der Waals surface area contributed by atoms with Crippen LogP contribution in [0.25, 0.3) is 0 Å². The zero-order valence-corrected chi connectivity index (χ0v) is 14.4. The van der Waals surface area contributed by atoms with E-state index < -0.39 is 30.4 Å². The Labute approximate surface area is 141 Å². The molecule has 1 saturated heterocycles. The molecule has 0 aromatic heterocycles. The SMILES string of the molecule is CC[C@H](C)c1ccc(C(=O)CN2C(=O)C(=O)N(C(C)C)C2=O)cc1. The van der Waals surface area contributed by atoms with Crippen LogP contribution in [0.5, 0.6) is 0 Å². The van der Waals surface area contributed by atoms with Crippen molar-refractivity contribution in [3.05, 3.63) is 35.4 Å². The van der Waals surface area contributed by atoms with Crippen LogP contribution in [0.4, 0.5) is 4.79 Å². The maximum Gasteiger partial charge on any atom is 0.334 e. The summed E-state index contributed by atoms with van der Waals surface area (Å²) in [5.41, 5.74) is 1.54. The highest BCUT2D eigenvalue weighted by molar-refractivity contribution is 6.45. The van der Waals surface area contributed by atoms with Crippen molar-refractivity contribution < 1.29 is 19.2 Å². The quantitative estimate of drug-likeness (QED) is 0.456. The van der Waals surface area contributed by atoms with Crippen molar-refractivity contribution in [3.8, 4) is 0 Å². The van der Waals surface area contributed by atoms with Crippen molar-refractivity contribution >= 4 is 23.6 Å². The van der Waals surface area contributed by atoms with Gasteiger partial charge in [-0.15, -0.1) is 0 Å². The molecular weight excluding hydrogens is 308 g/mol. The Morgan fingerprint density at radius 1 is 1.00 bits per heavy atom. The molecule has 1 aromatic carbocycles. The second-order valence-corrected chi connectivity index (χ2v) is 6.30. The normalized spacial score (nSPS) is 16.3. The second kappa shape index (κ2) is 6.95. The minimum Gasteiger partial charge on any atom is -0.292 e. The van der Waals surface area contributed by atoms with Crippen LogP contribution >= 0.6 is 0 Å². The summed E-state index contributed by atoms with van der Waals surface area (Å²) in [6.45, 7) is 7.05. The van der Waals surface area contributed by atoms with E-state index in [1.165, 1.54) is 0 Å². The van der Waals surface area contributed by atoms with Crippen LogP contribution in [0.1, 0.15) is 56.0 Å². The van der Waals surface area contributed by atoms with Gasteiger partial charge < -0.3 is 0 Å². The van der Waals surface area contributed by atoms with Crippen LogP contribution in [-0.2, 0) is 9.59 Å². The molecule has 1 fully saturated rings. The average molecular weight is 330 g/mol. The molecule has 0 unspecified atom stereocenters. The van der Waals surface area contributed by atoms with Crippen molar-refractivity contribution in [2.24, 2.45) is 0 Å². The molecule has 0 aliphatic carbocycles. The molecular formula is C18H22N2O4. The third kappa shape index (κ3) is 3.22. The minimum absolute atomic E-state index is 0.370. The molecule has 128 valence electrons. The molecule has 4 amide bonds. The molecule has 0 N–H and O–H groups in total.